The van der Waals surface area contributed by atoms with Crippen LogP contribution >= 0.6 is 0 Å². The van der Waals surface area contributed by atoms with Crippen LogP contribution in [0.1, 0.15) is 33.1 Å². The maximum atomic E-state index is 12.5. The molecule has 1 saturated heterocycles. The minimum Gasteiger partial charge on any atom is -0.396 e. The van der Waals surface area contributed by atoms with Crippen molar-refractivity contribution in [3.8, 4) is 0 Å². The van der Waals surface area contributed by atoms with E-state index in [1.807, 2.05) is 13.8 Å². The van der Waals surface area contributed by atoms with Crippen LogP contribution in [0, 0.1) is 0 Å². The largest absolute Gasteiger partial charge is 0.396 e. The molecule has 0 spiro atoms. The Balaban J connectivity index is 2.45. The zero-order valence-electron chi connectivity index (χ0n) is 12.9. The summed E-state index contributed by atoms with van der Waals surface area (Å²) in [4.78, 5) is 15.6. The van der Waals surface area contributed by atoms with Crippen molar-refractivity contribution in [2.75, 3.05) is 32.8 Å². The molecule has 1 fully saturated rings. The molecule has 0 aromatic carbocycles. The number of aliphatic hydroxyl groups is 1. The summed E-state index contributed by atoms with van der Waals surface area (Å²) in [6.07, 6.45) is -0.208. The van der Waals surface area contributed by atoms with Crippen LogP contribution in [0.4, 0.5) is 13.6 Å². The highest BCUT2D eigenvalue weighted by molar-refractivity contribution is 5.74. The summed E-state index contributed by atoms with van der Waals surface area (Å²) in [6.45, 7) is 5.20. The number of nitrogens with zero attached hydrogens (tertiary/aromatic N) is 2. The third kappa shape index (κ3) is 6.13. The summed E-state index contributed by atoms with van der Waals surface area (Å²) in [6, 6.07) is -0.148. The van der Waals surface area contributed by atoms with E-state index < -0.39 is 6.43 Å². The highest BCUT2D eigenvalue weighted by Crippen LogP contribution is 2.15. The van der Waals surface area contributed by atoms with E-state index in [2.05, 4.69) is 5.32 Å². The Hall–Kier alpha value is -0.950. The highest BCUT2D eigenvalue weighted by atomic mass is 19.3. The number of carbonyl (C=O) groups is 1. The van der Waals surface area contributed by atoms with E-state index in [0.29, 0.717) is 26.1 Å². The Morgan fingerprint density at radius 1 is 1.43 bits per heavy atom. The van der Waals surface area contributed by atoms with Crippen LogP contribution in [0.2, 0.25) is 0 Å². The molecular weight excluding hydrogens is 280 g/mol. The number of amides is 2. The minimum atomic E-state index is -2.34. The van der Waals surface area contributed by atoms with Crippen LogP contribution in [0.15, 0.2) is 0 Å². The molecule has 124 valence electrons. The van der Waals surface area contributed by atoms with Crippen molar-refractivity contribution in [1.82, 2.24) is 15.1 Å². The van der Waals surface area contributed by atoms with Crippen molar-refractivity contribution in [2.24, 2.45) is 0 Å². The summed E-state index contributed by atoms with van der Waals surface area (Å²) < 4.78 is 25.0. The maximum absolute atomic E-state index is 12.5. The van der Waals surface area contributed by atoms with Gasteiger partial charge in [-0.05, 0) is 26.2 Å². The van der Waals surface area contributed by atoms with E-state index in [4.69, 9.17) is 5.11 Å². The zero-order chi connectivity index (χ0) is 15.8. The molecule has 0 aliphatic carbocycles. The summed E-state index contributed by atoms with van der Waals surface area (Å²) >= 11 is 0. The molecular formula is C14H27F2N3O2. The van der Waals surface area contributed by atoms with Crippen molar-refractivity contribution in [2.45, 2.75) is 51.6 Å². The number of rotatable bonds is 7. The molecule has 0 saturated carbocycles. The van der Waals surface area contributed by atoms with E-state index in [1.54, 1.807) is 9.80 Å². The molecule has 1 heterocycles. The lowest BCUT2D eigenvalue weighted by Crippen LogP contribution is -2.58. The Morgan fingerprint density at radius 2 is 2.14 bits per heavy atom. The summed E-state index contributed by atoms with van der Waals surface area (Å²) in [5.74, 6) is 0. The SMILES string of the molecule is CCC1CN(C(=O)NC(C)CCCO)CCN1CC(F)F. The van der Waals surface area contributed by atoms with Crippen molar-refractivity contribution >= 4 is 6.03 Å². The fourth-order valence-electron chi connectivity index (χ4n) is 2.65. The predicted molar refractivity (Wildman–Crippen MR) is 77.5 cm³/mol. The van der Waals surface area contributed by atoms with Gasteiger partial charge in [0, 0.05) is 38.3 Å². The molecule has 0 radical (unpaired) electrons. The third-order valence-electron chi connectivity index (χ3n) is 3.90. The number of hydrogen-bond acceptors (Lipinski definition) is 3. The van der Waals surface area contributed by atoms with E-state index in [1.165, 1.54) is 0 Å². The molecule has 0 aromatic heterocycles. The minimum absolute atomic E-state index is 0.00354. The number of carbonyl (C=O) groups excluding carboxylic acids is 1. The van der Waals surface area contributed by atoms with Gasteiger partial charge in [0.25, 0.3) is 6.43 Å². The first-order valence-electron chi connectivity index (χ1n) is 7.66. The molecule has 1 aliphatic heterocycles. The van der Waals surface area contributed by atoms with Gasteiger partial charge in [-0.3, -0.25) is 4.90 Å². The van der Waals surface area contributed by atoms with Gasteiger partial charge in [-0.25, -0.2) is 13.6 Å². The number of hydrogen-bond donors (Lipinski definition) is 2. The molecule has 5 nitrogen and oxygen atoms in total. The molecule has 2 N–H and O–H groups in total. The van der Waals surface area contributed by atoms with Gasteiger partial charge in [0.2, 0.25) is 0 Å². The summed E-state index contributed by atoms with van der Waals surface area (Å²) in [5, 5.41) is 11.7. The van der Waals surface area contributed by atoms with E-state index in [-0.39, 0.29) is 31.3 Å². The summed E-state index contributed by atoms with van der Waals surface area (Å²) in [5.41, 5.74) is 0. The van der Waals surface area contributed by atoms with Gasteiger partial charge < -0.3 is 15.3 Å². The summed E-state index contributed by atoms with van der Waals surface area (Å²) in [7, 11) is 0. The van der Waals surface area contributed by atoms with Crippen molar-refractivity contribution < 1.29 is 18.7 Å². The number of alkyl halides is 2. The van der Waals surface area contributed by atoms with Gasteiger partial charge in [-0.2, -0.15) is 0 Å². The van der Waals surface area contributed by atoms with Gasteiger partial charge in [-0.15, -0.1) is 0 Å². The van der Waals surface area contributed by atoms with Crippen LogP contribution in [-0.2, 0) is 0 Å². The van der Waals surface area contributed by atoms with E-state index >= 15 is 0 Å². The van der Waals surface area contributed by atoms with Crippen LogP contribution in [0.25, 0.3) is 0 Å². The smallest absolute Gasteiger partial charge is 0.317 e. The quantitative estimate of drug-likeness (QED) is 0.750. The van der Waals surface area contributed by atoms with Crippen molar-refractivity contribution in [3.63, 3.8) is 0 Å². The van der Waals surface area contributed by atoms with Crippen LogP contribution in [0.5, 0.6) is 0 Å². The van der Waals surface area contributed by atoms with Gasteiger partial charge in [0.05, 0.1) is 6.54 Å². The topological polar surface area (TPSA) is 55.8 Å². The zero-order valence-corrected chi connectivity index (χ0v) is 12.9. The van der Waals surface area contributed by atoms with E-state index in [0.717, 1.165) is 12.8 Å². The van der Waals surface area contributed by atoms with Gasteiger partial charge in [0.15, 0.2) is 0 Å². The lowest BCUT2D eigenvalue weighted by atomic mass is 10.1. The number of halogens is 2. The molecule has 2 unspecified atom stereocenters. The lowest BCUT2D eigenvalue weighted by Gasteiger charge is -2.41. The second-order valence-electron chi connectivity index (χ2n) is 5.61. The second kappa shape index (κ2) is 9.15. The predicted octanol–water partition coefficient (Wildman–Crippen LogP) is 1.52. The fourth-order valence-corrected chi connectivity index (χ4v) is 2.65. The Kier molecular flexibility index (Phi) is 7.88. The van der Waals surface area contributed by atoms with E-state index in [9.17, 15) is 13.6 Å². The van der Waals surface area contributed by atoms with Crippen molar-refractivity contribution in [1.29, 1.82) is 0 Å². The third-order valence-corrected chi connectivity index (χ3v) is 3.90. The lowest BCUT2D eigenvalue weighted by molar-refractivity contribution is 0.0288. The van der Waals surface area contributed by atoms with Crippen LogP contribution in [0.3, 0.4) is 0 Å². The molecule has 1 aliphatic rings. The normalized spacial score (nSPS) is 21.6. The molecule has 1 rings (SSSR count). The van der Waals surface area contributed by atoms with Crippen LogP contribution < -0.4 is 5.32 Å². The first-order chi connectivity index (χ1) is 9.97. The van der Waals surface area contributed by atoms with Crippen LogP contribution in [-0.4, -0.2) is 72.2 Å². The standard InChI is InChI=1S/C14H27F2N3O2/c1-3-12-9-19(7-6-18(12)10-13(15)16)14(21)17-11(2)5-4-8-20/h11-13,20H,3-10H2,1-2H3,(H,17,21). The van der Waals surface area contributed by atoms with Gasteiger partial charge in [0.1, 0.15) is 0 Å². The first-order valence-corrected chi connectivity index (χ1v) is 7.66. The molecule has 7 heteroatoms. The highest BCUT2D eigenvalue weighted by Gasteiger charge is 2.30. The Morgan fingerprint density at radius 3 is 2.71 bits per heavy atom. The maximum Gasteiger partial charge on any atom is 0.317 e. The average molecular weight is 307 g/mol. The Bertz CT molecular complexity index is 319. The first kappa shape index (κ1) is 18.1. The molecule has 2 amide bonds. The number of urea groups is 1. The molecule has 2 atom stereocenters. The van der Waals surface area contributed by atoms with Gasteiger partial charge >= 0.3 is 6.03 Å². The Labute approximate surface area is 125 Å². The molecule has 21 heavy (non-hydrogen) atoms. The monoisotopic (exact) mass is 307 g/mol. The van der Waals surface area contributed by atoms with Crippen molar-refractivity contribution in [3.05, 3.63) is 0 Å². The second-order valence-corrected chi connectivity index (χ2v) is 5.61. The fraction of sp³-hybridized carbons (Fsp3) is 0.929. The molecule has 0 bridgehead atoms. The van der Waals surface area contributed by atoms with Gasteiger partial charge in [-0.1, -0.05) is 6.92 Å². The average Bonchev–Trinajstić information content (AvgIpc) is 2.44. The molecule has 0 aromatic rings. The number of nitrogens with one attached hydrogen (secondary N) is 1. The number of aliphatic hydroxyl groups excluding tert-OH is 1. The number of piperazine rings is 1.